The number of rotatable bonds is 6. The van der Waals surface area contributed by atoms with Gasteiger partial charge in [-0.25, -0.2) is 0 Å². The van der Waals surface area contributed by atoms with Crippen molar-refractivity contribution in [2.45, 2.75) is 39.5 Å². The number of benzene rings is 1. The quantitative estimate of drug-likeness (QED) is 0.823. The van der Waals surface area contributed by atoms with Crippen LogP contribution in [0.3, 0.4) is 0 Å². The molecular formula is C14H20O3. The minimum Gasteiger partial charge on any atom is -0.493 e. The van der Waals surface area contributed by atoms with Crippen molar-refractivity contribution >= 4 is 5.97 Å². The first-order chi connectivity index (χ1) is 8.04. The number of aryl methyl sites for hydroxylation is 1. The maximum Gasteiger partial charge on any atom is 0.303 e. The molecule has 0 aromatic heterocycles. The van der Waals surface area contributed by atoms with Crippen molar-refractivity contribution in [2.75, 3.05) is 6.61 Å². The fraction of sp³-hybridized carbons (Fsp3) is 0.500. The van der Waals surface area contributed by atoms with Crippen molar-refractivity contribution < 1.29 is 14.6 Å². The Balaban J connectivity index is 2.93. The van der Waals surface area contributed by atoms with Crippen LogP contribution in [0.1, 0.15) is 43.7 Å². The van der Waals surface area contributed by atoms with E-state index in [-0.39, 0.29) is 12.3 Å². The summed E-state index contributed by atoms with van der Waals surface area (Å²) in [6.07, 6.45) is 1.08. The Labute approximate surface area is 102 Å². The fourth-order valence-corrected chi connectivity index (χ4v) is 1.77. The van der Waals surface area contributed by atoms with Gasteiger partial charge in [0.2, 0.25) is 0 Å². The van der Waals surface area contributed by atoms with Crippen molar-refractivity contribution in [1.82, 2.24) is 0 Å². The molecule has 0 aliphatic heterocycles. The van der Waals surface area contributed by atoms with Crippen LogP contribution in [-0.4, -0.2) is 17.7 Å². The number of hydrogen-bond acceptors (Lipinski definition) is 2. The van der Waals surface area contributed by atoms with E-state index in [0.29, 0.717) is 6.61 Å². The zero-order valence-corrected chi connectivity index (χ0v) is 10.7. The maximum atomic E-state index is 10.8. The second-order valence-electron chi connectivity index (χ2n) is 4.39. The highest BCUT2D eigenvalue weighted by atomic mass is 16.5. The molecule has 0 fully saturated rings. The number of aliphatic carboxylic acids is 1. The van der Waals surface area contributed by atoms with Crippen molar-refractivity contribution in [2.24, 2.45) is 0 Å². The predicted octanol–water partition coefficient (Wildman–Crippen LogP) is 3.36. The van der Waals surface area contributed by atoms with Crippen LogP contribution in [0.25, 0.3) is 0 Å². The van der Waals surface area contributed by atoms with Gasteiger partial charge in [-0.2, -0.15) is 0 Å². The summed E-state index contributed by atoms with van der Waals surface area (Å²) in [6.45, 7) is 6.63. The first kappa shape index (κ1) is 13.6. The molecule has 0 saturated heterocycles. The highest BCUT2D eigenvalue weighted by Gasteiger charge is 2.15. The van der Waals surface area contributed by atoms with Crippen molar-refractivity contribution in [3.05, 3.63) is 29.3 Å². The zero-order chi connectivity index (χ0) is 12.8. The largest absolute Gasteiger partial charge is 0.493 e. The molecular weight excluding hydrogens is 216 g/mol. The Morgan fingerprint density at radius 3 is 2.76 bits per heavy atom. The van der Waals surface area contributed by atoms with Crippen molar-refractivity contribution in [1.29, 1.82) is 0 Å². The number of carbonyl (C=O) groups is 1. The standard InChI is InChI=1S/C14H20O3/c1-4-7-17-13-6-5-10(2)8-12(13)11(3)9-14(15)16/h5-6,8,11H,4,7,9H2,1-3H3,(H,15,16). The molecule has 1 N–H and O–H groups in total. The Morgan fingerprint density at radius 2 is 2.18 bits per heavy atom. The van der Waals surface area contributed by atoms with Crippen LogP contribution >= 0.6 is 0 Å². The van der Waals surface area contributed by atoms with Crippen molar-refractivity contribution in [3.63, 3.8) is 0 Å². The van der Waals surface area contributed by atoms with Gasteiger partial charge in [0.1, 0.15) is 5.75 Å². The number of hydrogen-bond donors (Lipinski definition) is 1. The Morgan fingerprint density at radius 1 is 1.47 bits per heavy atom. The van der Waals surface area contributed by atoms with Gasteiger partial charge in [-0.15, -0.1) is 0 Å². The summed E-state index contributed by atoms with van der Waals surface area (Å²) in [5.74, 6) is 0.00547. The minimum absolute atomic E-state index is 0.0285. The van der Waals surface area contributed by atoms with E-state index in [0.717, 1.165) is 23.3 Å². The van der Waals surface area contributed by atoms with Gasteiger partial charge in [-0.1, -0.05) is 31.5 Å². The van der Waals surface area contributed by atoms with Crippen LogP contribution in [0.4, 0.5) is 0 Å². The molecule has 1 aromatic rings. The smallest absolute Gasteiger partial charge is 0.303 e. The average Bonchev–Trinajstić information content (AvgIpc) is 2.26. The van der Waals surface area contributed by atoms with Crippen LogP contribution in [0.15, 0.2) is 18.2 Å². The lowest BCUT2D eigenvalue weighted by molar-refractivity contribution is -0.137. The van der Waals surface area contributed by atoms with E-state index in [2.05, 4.69) is 6.92 Å². The fourth-order valence-electron chi connectivity index (χ4n) is 1.77. The van der Waals surface area contributed by atoms with E-state index < -0.39 is 5.97 Å². The topological polar surface area (TPSA) is 46.5 Å². The Hall–Kier alpha value is -1.51. The van der Waals surface area contributed by atoms with Crippen LogP contribution in [-0.2, 0) is 4.79 Å². The van der Waals surface area contributed by atoms with Gasteiger partial charge in [0.05, 0.1) is 13.0 Å². The SMILES string of the molecule is CCCOc1ccc(C)cc1C(C)CC(=O)O. The van der Waals surface area contributed by atoms with Gasteiger partial charge in [0.25, 0.3) is 0 Å². The second-order valence-corrected chi connectivity index (χ2v) is 4.39. The lowest BCUT2D eigenvalue weighted by Gasteiger charge is -2.16. The molecule has 0 bridgehead atoms. The van der Waals surface area contributed by atoms with E-state index in [4.69, 9.17) is 9.84 Å². The van der Waals surface area contributed by atoms with Crippen LogP contribution in [0, 0.1) is 6.92 Å². The lowest BCUT2D eigenvalue weighted by Crippen LogP contribution is -2.06. The van der Waals surface area contributed by atoms with Crippen molar-refractivity contribution in [3.8, 4) is 5.75 Å². The summed E-state index contributed by atoms with van der Waals surface area (Å²) in [4.78, 5) is 10.8. The van der Waals surface area contributed by atoms with Gasteiger partial charge in [-0.3, -0.25) is 4.79 Å². The number of carboxylic acids is 1. The molecule has 0 spiro atoms. The summed E-state index contributed by atoms with van der Waals surface area (Å²) >= 11 is 0. The Kier molecular flexibility index (Phi) is 5.01. The van der Waals surface area contributed by atoms with E-state index in [1.165, 1.54) is 0 Å². The molecule has 17 heavy (non-hydrogen) atoms. The van der Waals surface area contributed by atoms with E-state index in [9.17, 15) is 4.79 Å². The average molecular weight is 236 g/mol. The third-order valence-corrected chi connectivity index (χ3v) is 2.64. The molecule has 94 valence electrons. The molecule has 1 rings (SSSR count). The first-order valence-electron chi connectivity index (χ1n) is 5.99. The molecule has 0 aliphatic carbocycles. The normalized spacial score (nSPS) is 12.2. The minimum atomic E-state index is -0.777. The molecule has 1 aromatic carbocycles. The molecule has 1 unspecified atom stereocenters. The van der Waals surface area contributed by atoms with E-state index in [1.807, 2.05) is 32.0 Å². The third-order valence-electron chi connectivity index (χ3n) is 2.64. The lowest BCUT2D eigenvalue weighted by atomic mass is 9.95. The maximum absolute atomic E-state index is 10.8. The second kappa shape index (κ2) is 6.28. The van der Waals surface area contributed by atoms with Gasteiger partial charge in [0, 0.05) is 0 Å². The van der Waals surface area contributed by atoms with Crippen LogP contribution < -0.4 is 4.74 Å². The predicted molar refractivity (Wildman–Crippen MR) is 67.6 cm³/mol. The summed E-state index contributed by atoms with van der Waals surface area (Å²) in [5.41, 5.74) is 2.11. The first-order valence-corrected chi connectivity index (χ1v) is 5.99. The molecule has 0 heterocycles. The monoisotopic (exact) mass is 236 g/mol. The third kappa shape index (κ3) is 4.10. The van der Waals surface area contributed by atoms with Crippen LogP contribution in [0.5, 0.6) is 5.75 Å². The Bertz CT molecular complexity index is 385. The van der Waals surface area contributed by atoms with E-state index >= 15 is 0 Å². The van der Waals surface area contributed by atoms with Gasteiger partial charge < -0.3 is 9.84 Å². The summed E-state index contributed by atoms with van der Waals surface area (Å²) in [5, 5.41) is 8.84. The summed E-state index contributed by atoms with van der Waals surface area (Å²) in [6, 6.07) is 5.93. The molecule has 0 radical (unpaired) electrons. The highest BCUT2D eigenvalue weighted by molar-refractivity contribution is 5.68. The van der Waals surface area contributed by atoms with Gasteiger partial charge >= 0.3 is 5.97 Å². The summed E-state index contributed by atoms with van der Waals surface area (Å²) < 4.78 is 5.65. The molecule has 0 amide bonds. The molecule has 3 heteroatoms. The molecule has 0 aliphatic rings. The summed E-state index contributed by atoms with van der Waals surface area (Å²) in [7, 11) is 0. The molecule has 0 saturated carbocycles. The molecule has 1 atom stereocenters. The van der Waals surface area contributed by atoms with Gasteiger partial charge in [0.15, 0.2) is 0 Å². The highest BCUT2D eigenvalue weighted by Crippen LogP contribution is 2.30. The number of carboxylic acid groups (broad SMARTS) is 1. The molecule has 3 nitrogen and oxygen atoms in total. The number of ether oxygens (including phenoxy) is 1. The van der Waals surface area contributed by atoms with Crippen LogP contribution in [0.2, 0.25) is 0 Å². The van der Waals surface area contributed by atoms with Gasteiger partial charge in [-0.05, 0) is 30.9 Å². The van der Waals surface area contributed by atoms with E-state index in [1.54, 1.807) is 0 Å². The zero-order valence-electron chi connectivity index (χ0n) is 10.7.